The summed E-state index contributed by atoms with van der Waals surface area (Å²) in [6.45, 7) is 2.16. The Balaban J connectivity index is 1.71. The van der Waals surface area contributed by atoms with E-state index in [0.29, 0.717) is 41.4 Å². The number of phenolic OH excluding ortho intramolecular Hbond substituents is 1. The quantitative estimate of drug-likeness (QED) is 0.590. The van der Waals surface area contributed by atoms with Crippen molar-refractivity contribution in [3.8, 4) is 11.5 Å². The SMILES string of the molecule is COc1ccc(CCCC2CC(=O)CC(C)CC2c2ccc(O)c(Cl)c2)cc1. The van der Waals surface area contributed by atoms with Crippen molar-refractivity contribution in [1.29, 1.82) is 0 Å². The van der Waals surface area contributed by atoms with E-state index in [1.807, 2.05) is 24.3 Å². The van der Waals surface area contributed by atoms with Gasteiger partial charge in [0, 0.05) is 12.8 Å². The van der Waals surface area contributed by atoms with Gasteiger partial charge in [0.05, 0.1) is 12.1 Å². The van der Waals surface area contributed by atoms with E-state index in [0.717, 1.165) is 37.0 Å². The number of ketones is 1. The Morgan fingerprint density at radius 3 is 2.57 bits per heavy atom. The maximum atomic E-state index is 12.4. The lowest BCUT2D eigenvalue weighted by atomic mass is 9.78. The standard InChI is InChI=1S/C24H29ClO3/c1-16-12-20(26)14-18(5-3-4-17-6-9-21(28-2)10-7-17)22(13-16)19-8-11-24(27)23(25)15-19/h6-11,15-16,18,22,27H,3-5,12-14H2,1-2H3. The molecule has 3 atom stereocenters. The Labute approximate surface area is 172 Å². The largest absolute Gasteiger partial charge is 0.506 e. The van der Waals surface area contributed by atoms with Crippen LogP contribution in [0.2, 0.25) is 5.02 Å². The first kappa shape index (κ1) is 20.7. The van der Waals surface area contributed by atoms with Gasteiger partial charge in [-0.3, -0.25) is 4.79 Å². The van der Waals surface area contributed by atoms with Gasteiger partial charge in [0.2, 0.25) is 0 Å². The molecule has 1 N–H and O–H groups in total. The van der Waals surface area contributed by atoms with Crippen LogP contribution < -0.4 is 4.74 Å². The topological polar surface area (TPSA) is 46.5 Å². The van der Waals surface area contributed by atoms with E-state index in [-0.39, 0.29) is 5.75 Å². The molecule has 2 aromatic carbocycles. The third kappa shape index (κ3) is 5.29. The molecule has 1 fully saturated rings. The van der Waals surface area contributed by atoms with Gasteiger partial charge < -0.3 is 9.84 Å². The van der Waals surface area contributed by atoms with Gasteiger partial charge in [-0.1, -0.05) is 36.7 Å². The lowest BCUT2D eigenvalue weighted by molar-refractivity contribution is -0.120. The summed E-state index contributed by atoms with van der Waals surface area (Å²) in [7, 11) is 1.68. The summed E-state index contributed by atoms with van der Waals surface area (Å²) in [6, 6.07) is 13.7. The van der Waals surface area contributed by atoms with Crippen LogP contribution in [0.15, 0.2) is 42.5 Å². The van der Waals surface area contributed by atoms with Crippen molar-refractivity contribution in [3.05, 3.63) is 58.6 Å². The summed E-state index contributed by atoms with van der Waals surface area (Å²) in [5.74, 6) is 2.34. The highest BCUT2D eigenvalue weighted by Crippen LogP contribution is 2.42. The molecule has 150 valence electrons. The van der Waals surface area contributed by atoms with Crippen molar-refractivity contribution in [2.75, 3.05) is 7.11 Å². The molecule has 0 aliphatic heterocycles. The molecule has 28 heavy (non-hydrogen) atoms. The zero-order valence-corrected chi connectivity index (χ0v) is 17.4. The fourth-order valence-electron chi connectivity index (χ4n) is 4.44. The van der Waals surface area contributed by atoms with Crippen LogP contribution in [0.1, 0.15) is 56.1 Å². The van der Waals surface area contributed by atoms with Crippen molar-refractivity contribution in [1.82, 2.24) is 0 Å². The van der Waals surface area contributed by atoms with Gasteiger partial charge in [0.1, 0.15) is 17.3 Å². The Kier molecular flexibility index (Phi) is 7.01. The Morgan fingerprint density at radius 1 is 1.14 bits per heavy atom. The Hall–Kier alpha value is -2.00. The number of hydrogen-bond acceptors (Lipinski definition) is 3. The first-order valence-electron chi connectivity index (χ1n) is 10.1. The summed E-state index contributed by atoms with van der Waals surface area (Å²) in [4.78, 5) is 12.4. The highest BCUT2D eigenvalue weighted by molar-refractivity contribution is 6.32. The predicted octanol–water partition coefficient (Wildman–Crippen LogP) is 6.17. The molecular formula is C24H29ClO3. The number of halogens is 1. The van der Waals surface area contributed by atoms with E-state index in [9.17, 15) is 9.90 Å². The second kappa shape index (κ2) is 9.47. The number of aromatic hydroxyl groups is 1. The number of benzene rings is 2. The van der Waals surface area contributed by atoms with Gasteiger partial charge in [-0.05, 0) is 78.8 Å². The van der Waals surface area contributed by atoms with Crippen LogP contribution >= 0.6 is 11.6 Å². The smallest absolute Gasteiger partial charge is 0.134 e. The van der Waals surface area contributed by atoms with Crippen LogP contribution in [0.5, 0.6) is 11.5 Å². The van der Waals surface area contributed by atoms with E-state index in [1.54, 1.807) is 13.2 Å². The van der Waals surface area contributed by atoms with E-state index in [4.69, 9.17) is 16.3 Å². The van der Waals surface area contributed by atoms with Gasteiger partial charge in [-0.25, -0.2) is 0 Å². The molecular weight excluding hydrogens is 372 g/mol. The van der Waals surface area contributed by atoms with Crippen molar-refractivity contribution in [3.63, 3.8) is 0 Å². The number of aryl methyl sites for hydroxylation is 1. The minimum absolute atomic E-state index is 0.110. The van der Waals surface area contributed by atoms with Gasteiger partial charge in [0.15, 0.2) is 0 Å². The second-order valence-corrected chi connectivity index (χ2v) is 8.51. The summed E-state index contributed by atoms with van der Waals surface area (Å²) in [6.07, 6.45) is 5.33. The highest BCUT2D eigenvalue weighted by Gasteiger charge is 2.31. The molecule has 3 rings (SSSR count). The number of Topliss-reactive ketones (excluding diaryl/α,β-unsaturated/α-hetero) is 1. The van der Waals surface area contributed by atoms with Crippen molar-refractivity contribution < 1.29 is 14.6 Å². The third-order valence-electron chi connectivity index (χ3n) is 5.89. The maximum absolute atomic E-state index is 12.4. The average molecular weight is 401 g/mol. The molecule has 3 unspecified atom stereocenters. The number of rotatable bonds is 6. The minimum atomic E-state index is 0.110. The number of phenols is 1. The summed E-state index contributed by atoms with van der Waals surface area (Å²) < 4.78 is 5.22. The van der Waals surface area contributed by atoms with E-state index >= 15 is 0 Å². The van der Waals surface area contributed by atoms with Crippen LogP contribution in [-0.4, -0.2) is 18.0 Å². The minimum Gasteiger partial charge on any atom is -0.506 e. The molecule has 4 heteroatoms. The van der Waals surface area contributed by atoms with Gasteiger partial charge in [-0.2, -0.15) is 0 Å². The molecule has 0 amide bonds. The molecule has 1 saturated carbocycles. The second-order valence-electron chi connectivity index (χ2n) is 8.11. The highest BCUT2D eigenvalue weighted by atomic mass is 35.5. The van der Waals surface area contributed by atoms with Crippen molar-refractivity contribution in [2.24, 2.45) is 11.8 Å². The van der Waals surface area contributed by atoms with Crippen LogP contribution in [0.25, 0.3) is 0 Å². The molecule has 1 aliphatic rings. The molecule has 2 aromatic rings. The zero-order chi connectivity index (χ0) is 20.1. The fourth-order valence-corrected chi connectivity index (χ4v) is 4.63. The summed E-state index contributed by atoms with van der Waals surface area (Å²) in [5, 5.41) is 10.2. The van der Waals surface area contributed by atoms with E-state index in [2.05, 4.69) is 19.1 Å². The number of methoxy groups -OCH3 is 1. The number of carbonyl (C=O) groups excluding carboxylic acids is 1. The Morgan fingerprint density at radius 2 is 1.89 bits per heavy atom. The van der Waals surface area contributed by atoms with Crippen LogP contribution in [-0.2, 0) is 11.2 Å². The summed E-state index contributed by atoms with van der Waals surface area (Å²) in [5.41, 5.74) is 2.43. The average Bonchev–Trinajstić information content (AvgIpc) is 2.82. The summed E-state index contributed by atoms with van der Waals surface area (Å²) >= 11 is 6.17. The van der Waals surface area contributed by atoms with Crippen LogP contribution in [0.4, 0.5) is 0 Å². The lowest BCUT2D eigenvalue weighted by Gasteiger charge is -2.26. The molecule has 0 radical (unpaired) electrons. The van der Waals surface area contributed by atoms with E-state index < -0.39 is 0 Å². The predicted molar refractivity (Wildman–Crippen MR) is 113 cm³/mol. The fraction of sp³-hybridized carbons (Fsp3) is 0.458. The Bertz CT molecular complexity index is 800. The van der Waals surface area contributed by atoms with Crippen LogP contribution in [0, 0.1) is 11.8 Å². The number of carbonyl (C=O) groups is 1. The van der Waals surface area contributed by atoms with Gasteiger partial charge in [0.25, 0.3) is 0 Å². The van der Waals surface area contributed by atoms with Crippen molar-refractivity contribution >= 4 is 17.4 Å². The van der Waals surface area contributed by atoms with Crippen LogP contribution in [0.3, 0.4) is 0 Å². The molecule has 0 bridgehead atoms. The van der Waals surface area contributed by atoms with E-state index in [1.165, 1.54) is 5.56 Å². The molecule has 0 aromatic heterocycles. The molecule has 0 heterocycles. The molecule has 0 spiro atoms. The molecule has 3 nitrogen and oxygen atoms in total. The van der Waals surface area contributed by atoms with Crippen molar-refractivity contribution in [2.45, 2.75) is 51.4 Å². The lowest BCUT2D eigenvalue weighted by Crippen LogP contribution is -2.15. The molecule has 1 aliphatic carbocycles. The normalized spacial score (nSPS) is 22.7. The first-order valence-corrected chi connectivity index (χ1v) is 10.5. The monoisotopic (exact) mass is 400 g/mol. The van der Waals surface area contributed by atoms with Gasteiger partial charge in [-0.15, -0.1) is 0 Å². The number of ether oxygens (including phenoxy) is 1. The van der Waals surface area contributed by atoms with Gasteiger partial charge >= 0.3 is 0 Å². The zero-order valence-electron chi connectivity index (χ0n) is 16.7. The molecule has 0 saturated heterocycles. The maximum Gasteiger partial charge on any atom is 0.134 e. The third-order valence-corrected chi connectivity index (χ3v) is 6.19. The first-order chi connectivity index (χ1) is 13.5. The number of hydrogen-bond donors (Lipinski definition) is 1.